The Kier molecular flexibility index (Phi) is 6.59. The highest BCUT2D eigenvalue weighted by Gasteiger charge is 2.23. The monoisotopic (exact) mass is 421 g/mol. The number of nitrogens with one attached hydrogen (secondary N) is 2. The van der Waals surface area contributed by atoms with Gasteiger partial charge in [-0.3, -0.25) is 4.79 Å². The second-order valence-corrected chi connectivity index (χ2v) is 7.35. The molecule has 2 heterocycles. The lowest BCUT2D eigenvalue weighted by molar-refractivity contribution is -0.130. The molecule has 0 atom stereocenters. The van der Waals surface area contributed by atoms with Gasteiger partial charge in [0, 0.05) is 38.1 Å². The molecule has 2 N–H and O–H groups in total. The predicted octanol–water partition coefficient (Wildman–Crippen LogP) is 3.17. The predicted molar refractivity (Wildman–Crippen MR) is 111 cm³/mol. The highest BCUT2D eigenvalue weighted by atomic mass is 35.5. The number of nitrogens with zero attached hydrogens (tertiary/aromatic N) is 3. The molecule has 9 heteroatoms. The van der Waals surface area contributed by atoms with Crippen LogP contribution in [0.5, 0.6) is 0 Å². The summed E-state index contributed by atoms with van der Waals surface area (Å²) in [6.07, 6.45) is 1.55. The highest BCUT2D eigenvalue weighted by molar-refractivity contribution is 6.36. The number of hydrogen-bond acceptors (Lipinski definition) is 4. The summed E-state index contributed by atoms with van der Waals surface area (Å²) < 4.78 is 0. The van der Waals surface area contributed by atoms with E-state index in [0.717, 1.165) is 5.56 Å². The number of halogens is 2. The number of aryl methyl sites for hydroxylation is 1. The molecule has 28 heavy (non-hydrogen) atoms. The summed E-state index contributed by atoms with van der Waals surface area (Å²) >= 11 is 12.1. The fourth-order valence-corrected chi connectivity index (χ4v) is 3.47. The third-order valence-electron chi connectivity index (χ3n) is 4.40. The van der Waals surface area contributed by atoms with Crippen LogP contribution < -0.4 is 15.5 Å². The zero-order chi connectivity index (χ0) is 20.1. The molecule has 0 aliphatic carbocycles. The molecule has 3 rings (SSSR count). The van der Waals surface area contributed by atoms with Gasteiger partial charge in [-0.25, -0.2) is 9.78 Å². The third kappa shape index (κ3) is 5.27. The third-order valence-corrected chi connectivity index (χ3v) is 4.88. The summed E-state index contributed by atoms with van der Waals surface area (Å²) in [5.41, 5.74) is 1.73. The van der Waals surface area contributed by atoms with Gasteiger partial charge in [0.25, 0.3) is 0 Å². The van der Waals surface area contributed by atoms with Crippen molar-refractivity contribution in [3.8, 4) is 0 Å². The first-order chi connectivity index (χ1) is 13.4. The summed E-state index contributed by atoms with van der Waals surface area (Å²) in [6.45, 7) is 4.16. The maximum absolute atomic E-state index is 12.4. The van der Waals surface area contributed by atoms with Gasteiger partial charge in [0.1, 0.15) is 5.82 Å². The van der Waals surface area contributed by atoms with E-state index in [1.54, 1.807) is 23.2 Å². The fourth-order valence-electron chi connectivity index (χ4n) is 2.97. The van der Waals surface area contributed by atoms with Crippen molar-refractivity contribution in [1.82, 2.24) is 15.2 Å². The standard InChI is InChI=1S/C19H21Cl2N5O2/c1-13-3-2-4-15(9-13)24-19(28)23-12-17(27)25-5-7-26(8-6-25)18-16(21)10-14(20)11-22-18/h2-4,9-11H,5-8,12H2,1H3,(H2,23,24,28). The smallest absolute Gasteiger partial charge is 0.319 e. The number of amides is 3. The minimum atomic E-state index is -0.408. The molecule has 1 aliphatic rings. The molecule has 148 valence electrons. The van der Waals surface area contributed by atoms with E-state index in [-0.39, 0.29) is 12.5 Å². The van der Waals surface area contributed by atoms with E-state index in [1.165, 1.54) is 0 Å². The van der Waals surface area contributed by atoms with Gasteiger partial charge < -0.3 is 20.4 Å². The van der Waals surface area contributed by atoms with Crippen molar-refractivity contribution in [1.29, 1.82) is 0 Å². The van der Waals surface area contributed by atoms with E-state index in [4.69, 9.17) is 23.2 Å². The van der Waals surface area contributed by atoms with Gasteiger partial charge in [-0.1, -0.05) is 35.3 Å². The van der Waals surface area contributed by atoms with E-state index in [1.807, 2.05) is 30.0 Å². The van der Waals surface area contributed by atoms with E-state index < -0.39 is 6.03 Å². The number of pyridine rings is 1. The topological polar surface area (TPSA) is 77.6 Å². The zero-order valence-electron chi connectivity index (χ0n) is 15.4. The Morgan fingerprint density at radius 3 is 2.57 bits per heavy atom. The number of hydrogen-bond donors (Lipinski definition) is 2. The van der Waals surface area contributed by atoms with Crippen molar-refractivity contribution < 1.29 is 9.59 Å². The van der Waals surface area contributed by atoms with Crippen molar-refractivity contribution in [2.45, 2.75) is 6.92 Å². The molecular formula is C19H21Cl2N5O2. The number of urea groups is 1. The van der Waals surface area contributed by atoms with Gasteiger partial charge in [-0.05, 0) is 30.7 Å². The van der Waals surface area contributed by atoms with Gasteiger partial charge >= 0.3 is 6.03 Å². The van der Waals surface area contributed by atoms with Crippen LogP contribution in [0.3, 0.4) is 0 Å². The lowest BCUT2D eigenvalue weighted by atomic mass is 10.2. The van der Waals surface area contributed by atoms with Gasteiger partial charge in [-0.15, -0.1) is 0 Å². The number of benzene rings is 1. The van der Waals surface area contributed by atoms with Crippen LogP contribution in [0.4, 0.5) is 16.3 Å². The Labute approximate surface area is 173 Å². The molecule has 1 aromatic heterocycles. The Balaban J connectivity index is 1.45. The lowest BCUT2D eigenvalue weighted by Gasteiger charge is -2.35. The summed E-state index contributed by atoms with van der Waals surface area (Å²) in [5, 5.41) is 6.29. The minimum Gasteiger partial charge on any atom is -0.352 e. The molecular weight excluding hydrogens is 401 g/mol. The van der Waals surface area contributed by atoms with E-state index >= 15 is 0 Å². The van der Waals surface area contributed by atoms with Crippen molar-refractivity contribution in [2.75, 3.05) is 42.9 Å². The van der Waals surface area contributed by atoms with Crippen LogP contribution in [0, 0.1) is 6.92 Å². The SMILES string of the molecule is Cc1cccc(NC(=O)NCC(=O)N2CCN(c3ncc(Cl)cc3Cl)CC2)c1. The van der Waals surface area contributed by atoms with Crippen LogP contribution in [-0.4, -0.2) is 54.5 Å². The second-order valence-electron chi connectivity index (χ2n) is 6.50. The molecule has 1 aromatic carbocycles. The van der Waals surface area contributed by atoms with Gasteiger partial charge in [0.05, 0.1) is 16.6 Å². The molecule has 0 bridgehead atoms. The number of piperazine rings is 1. The Bertz CT molecular complexity index is 869. The molecule has 3 amide bonds. The van der Waals surface area contributed by atoms with Crippen LogP contribution >= 0.6 is 23.2 Å². The number of anilines is 2. The van der Waals surface area contributed by atoms with Crippen LogP contribution in [-0.2, 0) is 4.79 Å². The van der Waals surface area contributed by atoms with Crippen molar-refractivity contribution >= 4 is 46.6 Å². The zero-order valence-corrected chi connectivity index (χ0v) is 16.9. The van der Waals surface area contributed by atoms with Gasteiger partial charge in [-0.2, -0.15) is 0 Å². The molecule has 7 nitrogen and oxygen atoms in total. The Morgan fingerprint density at radius 2 is 1.89 bits per heavy atom. The average Bonchev–Trinajstić information content (AvgIpc) is 2.66. The van der Waals surface area contributed by atoms with E-state index in [0.29, 0.717) is 47.7 Å². The largest absolute Gasteiger partial charge is 0.352 e. The Morgan fingerprint density at radius 1 is 1.14 bits per heavy atom. The van der Waals surface area contributed by atoms with Crippen LogP contribution in [0.2, 0.25) is 10.0 Å². The molecule has 0 spiro atoms. The van der Waals surface area contributed by atoms with Crippen molar-refractivity contribution in [3.05, 3.63) is 52.1 Å². The summed E-state index contributed by atoms with van der Waals surface area (Å²) in [5.74, 6) is 0.531. The summed E-state index contributed by atoms with van der Waals surface area (Å²) in [6, 6.07) is 8.70. The fraction of sp³-hybridized carbons (Fsp3) is 0.316. The van der Waals surface area contributed by atoms with Crippen molar-refractivity contribution in [2.24, 2.45) is 0 Å². The normalized spacial score (nSPS) is 14.0. The van der Waals surface area contributed by atoms with Crippen LogP contribution in [0.1, 0.15) is 5.56 Å². The summed E-state index contributed by atoms with van der Waals surface area (Å²) in [4.78, 5) is 32.3. The molecule has 2 aromatic rings. The number of carbonyl (C=O) groups excluding carboxylic acids is 2. The quantitative estimate of drug-likeness (QED) is 0.794. The van der Waals surface area contributed by atoms with Crippen LogP contribution in [0.25, 0.3) is 0 Å². The van der Waals surface area contributed by atoms with Crippen molar-refractivity contribution in [3.63, 3.8) is 0 Å². The Hall–Kier alpha value is -2.51. The minimum absolute atomic E-state index is 0.0579. The molecule has 0 unspecified atom stereocenters. The first-order valence-corrected chi connectivity index (χ1v) is 9.63. The lowest BCUT2D eigenvalue weighted by Crippen LogP contribution is -2.51. The maximum atomic E-state index is 12.4. The maximum Gasteiger partial charge on any atom is 0.319 e. The molecule has 1 aliphatic heterocycles. The number of rotatable bonds is 4. The second kappa shape index (κ2) is 9.12. The first kappa shape index (κ1) is 20.2. The van der Waals surface area contributed by atoms with Gasteiger partial charge in [0.2, 0.25) is 5.91 Å². The molecule has 0 radical (unpaired) electrons. The number of carbonyl (C=O) groups is 2. The van der Waals surface area contributed by atoms with Gasteiger partial charge in [0.15, 0.2) is 0 Å². The van der Waals surface area contributed by atoms with E-state index in [2.05, 4.69) is 15.6 Å². The molecule has 1 saturated heterocycles. The number of aromatic nitrogens is 1. The molecule has 1 fully saturated rings. The summed E-state index contributed by atoms with van der Waals surface area (Å²) in [7, 11) is 0. The van der Waals surface area contributed by atoms with Crippen LogP contribution in [0.15, 0.2) is 36.5 Å². The van der Waals surface area contributed by atoms with E-state index in [9.17, 15) is 9.59 Å². The first-order valence-electron chi connectivity index (χ1n) is 8.87. The highest BCUT2D eigenvalue weighted by Crippen LogP contribution is 2.26. The molecule has 0 saturated carbocycles. The average molecular weight is 422 g/mol.